The number of aromatic carboxylic acids is 1. The van der Waals surface area contributed by atoms with E-state index in [2.05, 4.69) is 9.97 Å². The summed E-state index contributed by atoms with van der Waals surface area (Å²) in [5.74, 6) is -1.44. The molecular weight excluding hydrogens is 266 g/mol. The second kappa shape index (κ2) is 5.57. The third-order valence-electron chi connectivity index (χ3n) is 2.40. The van der Waals surface area contributed by atoms with Crippen LogP contribution in [0.25, 0.3) is 0 Å². The SMILES string of the molecule is CN(Cc1cccnc1)C(=O)c1nc(C(=O)O)cs1. The Morgan fingerprint density at radius 2 is 2.26 bits per heavy atom. The van der Waals surface area contributed by atoms with Gasteiger partial charge in [0, 0.05) is 31.4 Å². The van der Waals surface area contributed by atoms with Crippen LogP contribution in [0.4, 0.5) is 0 Å². The van der Waals surface area contributed by atoms with Gasteiger partial charge in [0.1, 0.15) is 0 Å². The number of thiazole rings is 1. The van der Waals surface area contributed by atoms with Crippen molar-refractivity contribution in [3.63, 3.8) is 0 Å². The van der Waals surface area contributed by atoms with Gasteiger partial charge in [-0.1, -0.05) is 6.07 Å². The van der Waals surface area contributed by atoms with Crippen LogP contribution >= 0.6 is 11.3 Å². The van der Waals surface area contributed by atoms with Crippen LogP contribution in [0.5, 0.6) is 0 Å². The maximum atomic E-state index is 12.0. The van der Waals surface area contributed by atoms with Gasteiger partial charge < -0.3 is 10.0 Å². The lowest BCUT2D eigenvalue weighted by Gasteiger charge is -2.15. The highest BCUT2D eigenvalue weighted by molar-refractivity contribution is 7.11. The number of carboxylic acids is 1. The molecule has 0 atom stereocenters. The Hall–Kier alpha value is -2.28. The molecule has 2 aromatic heterocycles. The first kappa shape index (κ1) is 13.2. The molecule has 0 saturated heterocycles. The number of rotatable bonds is 4. The number of hydrogen-bond donors (Lipinski definition) is 1. The van der Waals surface area contributed by atoms with E-state index in [1.165, 1.54) is 10.3 Å². The molecule has 0 spiro atoms. The van der Waals surface area contributed by atoms with E-state index in [9.17, 15) is 9.59 Å². The first-order valence-corrected chi connectivity index (χ1v) is 6.29. The lowest BCUT2D eigenvalue weighted by Crippen LogP contribution is -2.26. The molecule has 19 heavy (non-hydrogen) atoms. The fourth-order valence-electron chi connectivity index (χ4n) is 1.47. The van der Waals surface area contributed by atoms with E-state index in [-0.39, 0.29) is 16.6 Å². The summed E-state index contributed by atoms with van der Waals surface area (Å²) in [6, 6.07) is 3.65. The normalized spacial score (nSPS) is 10.2. The summed E-state index contributed by atoms with van der Waals surface area (Å²) < 4.78 is 0. The summed E-state index contributed by atoms with van der Waals surface area (Å²) in [4.78, 5) is 32.0. The van der Waals surface area contributed by atoms with Crippen molar-refractivity contribution in [1.82, 2.24) is 14.9 Å². The molecule has 2 aromatic rings. The highest BCUT2D eigenvalue weighted by Crippen LogP contribution is 2.13. The zero-order chi connectivity index (χ0) is 13.8. The van der Waals surface area contributed by atoms with Gasteiger partial charge in [0.05, 0.1) is 0 Å². The third kappa shape index (κ3) is 3.14. The van der Waals surface area contributed by atoms with Crippen LogP contribution in [0.2, 0.25) is 0 Å². The quantitative estimate of drug-likeness (QED) is 0.915. The van der Waals surface area contributed by atoms with Crippen molar-refractivity contribution in [1.29, 1.82) is 0 Å². The maximum Gasteiger partial charge on any atom is 0.355 e. The first-order valence-electron chi connectivity index (χ1n) is 5.41. The van der Waals surface area contributed by atoms with Crippen LogP contribution in [0, 0.1) is 0 Å². The van der Waals surface area contributed by atoms with E-state index < -0.39 is 5.97 Å². The standard InChI is InChI=1S/C12H11N3O3S/c1-15(6-8-3-2-4-13-5-8)11(16)10-14-9(7-19-10)12(17)18/h2-5,7H,6H2,1H3,(H,17,18). The summed E-state index contributed by atoms with van der Waals surface area (Å²) in [6.45, 7) is 0.397. The Balaban J connectivity index is 2.08. The zero-order valence-electron chi connectivity index (χ0n) is 10.1. The summed E-state index contributed by atoms with van der Waals surface area (Å²) in [7, 11) is 1.64. The first-order chi connectivity index (χ1) is 9.08. The Morgan fingerprint density at radius 3 is 2.84 bits per heavy atom. The lowest BCUT2D eigenvalue weighted by molar-refractivity contribution is 0.0691. The van der Waals surface area contributed by atoms with Crippen molar-refractivity contribution in [3.05, 3.63) is 46.2 Å². The molecule has 0 bridgehead atoms. The topological polar surface area (TPSA) is 83.4 Å². The Kier molecular flexibility index (Phi) is 3.86. The number of carbonyl (C=O) groups is 2. The maximum absolute atomic E-state index is 12.0. The Bertz CT molecular complexity index is 597. The van der Waals surface area contributed by atoms with Crippen molar-refractivity contribution >= 4 is 23.2 Å². The minimum atomic E-state index is -1.13. The van der Waals surface area contributed by atoms with Crippen molar-refractivity contribution < 1.29 is 14.7 Å². The molecule has 2 rings (SSSR count). The van der Waals surface area contributed by atoms with E-state index in [0.717, 1.165) is 16.9 Å². The van der Waals surface area contributed by atoms with Crippen molar-refractivity contribution in [2.24, 2.45) is 0 Å². The molecule has 0 fully saturated rings. The van der Waals surface area contributed by atoms with Gasteiger partial charge in [0.25, 0.3) is 5.91 Å². The predicted molar refractivity (Wildman–Crippen MR) is 69.1 cm³/mol. The van der Waals surface area contributed by atoms with Gasteiger partial charge in [0.2, 0.25) is 0 Å². The summed E-state index contributed by atoms with van der Waals surface area (Å²) >= 11 is 1.03. The molecule has 0 aromatic carbocycles. The largest absolute Gasteiger partial charge is 0.476 e. The van der Waals surface area contributed by atoms with Gasteiger partial charge in [-0.3, -0.25) is 9.78 Å². The van der Waals surface area contributed by atoms with Crippen LogP contribution in [-0.4, -0.2) is 38.9 Å². The molecule has 0 aliphatic heterocycles. The molecule has 98 valence electrons. The second-order valence-corrected chi connectivity index (χ2v) is 4.72. The molecule has 6 nitrogen and oxygen atoms in total. The molecule has 2 heterocycles. The van der Waals surface area contributed by atoms with E-state index in [4.69, 9.17) is 5.11 Å². The van der Waals surface area contributed by atoms with E-state index >= 15 is 0 Å². The van der Waals surface area contributed by atoms with Crippen LogP contribution in [0.15, 0.2) is 29.9 Å². The lowest BCUT2D eigenvalue weighted by atomic mass is 10.3. The van der Waals surface area contributed by atoms with Gasteiger partial charge in [-0.25, -0.2) is 9.78 Å². The van der Waals surface area contributed by atoms with Gasteiger partial charge in [0.15, 0.2) is 10.7 Å². The Labute approximate surface area is 113 Å². The number of nitrogens with zero attached hydrogens (tertiary/aromatic N) is 3. The zero-order valence-corrected chi connectivity index (χ0v) is 10.9. The van der Waals surface area contributed by atoms with Gasteiger partial charge >= 0.3 is 5.97 Å². The average molecular weight is 277 g/mol. The van der Waals surface area contributed by atoms with Crippen molar-refractivity contribution in [2.45, 2.75) is 6.54 Å². The summed E-state index contributed by atoms with van der Waals surface area (Å²) in [5.41, 5.74) is 0.788. The third-order valence-corrected chi connectivity index (χ3v) is 3.23. The fraction of sp³-hybridized carbons (Fsp3) is 0.167. The van der Waals surface area contributed by atoms with Crippen LogP contribution < -0.4 is 0 Å². The minimum absolute atomic E-state index is 0.108. The summed E-state index contributed by atoms with van der Waals surface area (Å²) in [5, 5.41) is 10.3. The number of amides is 1. The minimum Gasteiger partial charge on any atom is -0.476 e. The Morgan fingerprint density at radius 1 is 1.47 bits per heavy atom. The van der Waals surface area contributed by atoms with Gasteiger partial charge in [-0.2, -0.15) is 0 Å². The molecule has 1 N–H and O–H groups in total. The highest BCUT2D eigenvalue weighted by atomic mass is 32.1. The van der Waals surface area contributed by atoms with E-state index in [0.29, 0.717) is 6.54 Å². The molecule has 1 amide bonds. The van der Waals surface area contributed by atoms with Crippen molar-refractivity contribution in [2.75, 3.05) is 7.05 Å². The van der Waals surface area contributed by atoms with E-state index in [1.54, 1.807) is 25.5 Å². The second-order valence-electron chi connectivity index (χ2n) is 3.87. The van der Waals surface area contributed by atoms with Crippen LogP contribution in [0.3, 0.4) is 0 Å². The van der Waals surface area contributed by atoms with Crippen molar-refractivity contribution in [3.8, 4) is 0 Å². The monoisotopic (exact) mass is 277 g/mol. The number of carbonyl (C=O) groups excluding carboxylic acids is 1. The molecule has 0 saturated carbocycles. The molecule has 0 unspecified atom stereocenters. The fourth-order valence-corrected chi connectivity index (χ4v) is 2.26. The molecule has 0 aliphatic rings. The highest BCUT2D eigenvalue weighted by Gasteiger charge is 2.18. The van der Waals surface area contributed by atoms with Gasteiger partial charge in [-0.15, -0.1) is 11.3 Å². The number of carboxylic acid groups (broad SMARTS) is 1. The predicted octanol–water partition coefficient (Wildman–Crippen LogP) is 1.51. The molecular formula is C12H11N3O3S. The van der Waals surface area contributed by atoms with Crippen LogP contribution in [0.1, 0.15) is 25.9 Å². The number of hydrogen-bond acceptors (Lipinski definition) is 5. The van der Waals surface area contributed by atoms with E-state index in [1.807, 2.05) is 6.07 Å². The summed E-state index contributed by atoms with van der Waals surface area (Å²) in [6.07, 6.45) is 3.33. The smallest absolute Gasteiger partial charge is 0.355 e. The van der Waals surface area contributed by atoms with Gasteiger partial charge in [-0.05, 0) is 11.6 Å². The number of aromatic nitrogens is 2. The number of pyridine rings is 1. The molecule has 0 radical (unpaired) electrons. The molecule has 0 aliphatic carbocycles. The molecule has 7 heteroatoms. The average Bonchev–Trinajstić information content (AvgIpc) is 2.88. The van der Waals surface area contributed by atoms with Crippen LogP contribution in [-0.2, 0) is 6.54 Å².